The summed E-state index contributed by atoms with van der Waals surface area (Å²) in [5.74, 6) is 0.891. The van der Waals surface area contributed by atoms with Gasteiger partial charge in [-0.3, -0.25) is 4.79 Å². The summed E-state index contributed by atoms with van der Waals surface area (Å²) in [5.41, 5.74) is 1.89. The summed E-state index contributed by atoms with van der Waals surface area (Å²) in [7, 11) is 3.15. The van der Waals surface area contributed by atoms with Gasteiger partial charge in [0, 0.05) is 5.56 Å². The topological polar surface area (TPSA) is 55.8 Å². The number of hydrogen-bond acceptors (Lipinski definition) is 4. The fourth-order valence-electron chi connectivity index (χ4n) is 5.62. The van der Waals surface area contributed by atoms with Crippen LogP contribution in [0.1, 0.15) is 70.1 Å². The molecule has 0 heterocycles. The summed E-state index contributed by atoms with van der Waals surface area (Å²) in [5, 5.41) is 10.5. The molecule has 4 nitrogen and oxygen atoms in total. The maximum absolute atomic E-state index is 12.6. The van der Waals surface area contributed by atoms with Crippen LogP contribution in [0.5, 0.6) is 5.75 Å². The zero-order chi connectivity index (χ0) is 19.3. The first-order valence-corrected chi connectivity index (χ1v) is 9.60. The van der Waals surface area contributed by atoms with E-state index in [4.69, 9.17) is 9.47 Å². The van der Waals surface area contributed by atoms with Crippen molar-refractivity contribution >= 4 is 5.97 Å². The molecule has 26 heavy (non-hydrogen) atoms. The molecule has 0 bridgehead atoms. The molecule has 2 aliphatic rings. The van der Waals surface area contributed by atoms with Gasteiger partial charge in [-0.05, 0) is 81.0 Å². The predicted molar refractivity (Wildman–Crippen MR) is 101 cm³/mol. The summed E-state index contributed by atoms with van der Waals surface area (Å²) in [6.45, 7) is 7.95. The third-order valence-corrected chi connectivity index (χ3v) is 6.98. The molecule has 1 aromatic rings. The van der Waals surface area contributed by atoms with Crippen molar-refractivity contribution in [2.75, 3.05) is 14.2 Å². The van der Waals surface area contributed by atoms with Crippen LogP contribution in [0.25, 0.3) is 0 Å². The molecule has 4 heteroatoms. The van der Waals surface area contributed by atoms with Crippen molar-refractivity contribution < 1.29 is 19.4 Å². The van der Waals surface area contributed by atoms with Gasteiger partial charge in [0.25, 0.3) is 0 Å². The lowest BCUT2D eigenvalue weighted by Gasteiger charge is -2.54. The minimum atomic E-state index is -0.953. The summed E-state index contributed by atoms with van der Waals surface area (Å²) in [4.78, 5) is 12.6. The number of carbonyl (C=O) groups excluding carboxylic acids is 1. The molecule has 1 N–H and O–H groups in total. The number of fused-ring (bicyclic) bond motifs is 3. The summed E-state index contributed by atoms with van der Waals surface area (Å²) < 4.78 is 10.8. The molecule has 2 aliphatic carbocycles. The molecule has 0 spiro atoms. The first-order valence-electron chi connectivity index (χ1n) is 9.60. The van der Waals surface area contributed by atoms with E-state index in [1.165, 1.54) is 18.2 Å². The predicted octanol–water partition coefficient (Wildman–Crippen LogP) is 4.11. The molecule has 0 amide bonds. The van der Waals surface area contributed by atoms with Crippen LogP contribution in [0.2, 0.25) is 0 Å². The molecule has 3 atom stereocenters. The molecule has 0 unspecified atom stereocenters. The van der Waals surface area contributed by atoms with E-state index in [9.17, 15) is 9.90 Å². The van der Waals surface area contributed by atoms with Gasteiger partial charge in [-0.15, -0.1) is 0 Å². The van der Waals surface area contributed by atoms with Gasteiger partial charge in [0.15, 0.2) is 0 Å². The molecule has 144 valence electrons. The van der Waals surface area contributed by atoms with E-state index < -0.39 is 11.0 Å². The Morgan fingerprint density at radius 1 is 1.23 bits per heavy atom. The highest BCUT2D eigenvalue weighted by Gasteiger charge is 2.55. The number of aryl methyl sites for hydroxylation is 1. The van der Waals surface area contributed by atoms with Crippen LogP contribution >= 0.6 is 0 Å². The number of benzene rings is 1. The molecule has 1 aromatic carbocycles. The standard InChI is InChI=1S/C22H32O4/c1-20(2,24)16-12-14-8-9-18-21(3,15(14)13-17(16)25-5)10-7-11-22(18,4)19(23)26-6/h12-13,18,24H,7-11H2,1-6H3/t18-,21-,22+/m1/s1. The molecule has 0 aliphatic heterocycles. The van der Waals surface area contributed by atoms with Crippen LogP contribution in [-0.2, 0) is 27.0 Å². The minimum absolute atomic E-state index is 0.0832. The first-order chi connectivity index (χ1) is 12.1. The lowest BCUT2D eigenvalue weighted by atomic mass is 9.49. The Bertz CT molecular complexity index is 718. The van der Waals surface area contributed by atoms with Crippen LogP contribution in [0.15, 0.2) is 12.1 Å². The monoisotopic (exact) mass is 360 g/mol. The Labute approximate surface area is 156 Å². The highest BCUT2D eigenvalue weighted by molar-refractivity contribution is 5.77. The van der Waals surface area contributed by atoms with E-state index in [1.807, 2.05) is 0 Å². The Kier molecular flexibility index (Phi) is 4.63. The smallest absolute Gasteiger partial charge is 0.311 e. The van der Waals surface area contributed by atoms with Gasteiger partial charge in [0.1, 0.15) is 5.75 Å². The van der Waals surface area contributed by atoms with E-state index in [0.717, 1.165) is 43.4 Å². The molecule has 0 saturated heterocycles. The second kappa shape index (κ2) is 6.26. The van der Waals surface area contributed by atoms with Crippen molar-refractivity contribution in [3.05, 3.63) is 28.8 Å². The van der Waals surface area contributed by atoms with Gasteiger partial charge in [-0.2, -0.15) is 0 Å². The van der Waals surface area contributed by atoms with Gasteiger partial charge in [-0.1, -0.05) is 13.3 Å². The molecule has 1 fully saturated rings. The quantitative estimate of drug-likeness (QED) is 0.825. The van der Waals surface area contributed by atoms with Gasteiger partial charge >= 0.3 is 5.97 Å². The van der Waals surface area contributed by atoms with E-state index in [2.05, 4.69) is 26.0 Å². The van der Waals surface area contributed by atoms with E-state index in [0.29, 0.717) is 0 Å². The molecule has 0 aromatic heterocycles. The SMILES string of the molecule is COC(=O)[C@@]1(C)CCC[C@]2(C)c3cc(OC)c(C(C)(C)O)cc3CC[C@@H]12. The average Bonchev–Trinajstić information content (AvgIpc) is 2.59. The third-order valence-electron chi connectivity index (χ3n) is 6.98. The van der Waals surface area contributed by atoms with Gasteiger partial charge in [0.05, 0.1) is 25.2 Å². The highest BCUT2D eigenvalue weighted by Crippen LogP contribution is 2.58. The van der Waals surface area contributed by atoms with Crippen molar-refractivity contribution in [1.82, 2.24) is 0 Å². The van der Waals surface area contributed by atoms with Crippen LogP contribution in [0.3, 0.4) is 0 Å². The van der Waals surface area contributed by atoms with Crippen molar-refractivity contribution in [3.8, 4) is 5.75 Å². The summed E-state index contributed by atoms with van der Waals surface area (Å²) in [6.07, 6.45) is 4.83. The second-order valence-electron chi connectivity index (χ2n) is 9.04. The summed E-state index contributed by atoms with van der Waals surface area (Å²) >= 11 is 0. The van der Waals surface area contributed by atoms with E-state index in [1.54, 1.807) is 21.0 Å². The fourth-order valence-corrected chi connectivity index (χ4v) is 5.62. The molecule has 3 rings (SSSR count). The third kappa shape index (κ3) is 2.74. The number of ether oxygens (including phenoxy) is 2. The molecular weight excluding hydrogens is 328 g/mol. The Morgan fingerprint density at radius 3 is 2.50 bits per heavy atom. The average molecular weight is 360 g/mol. The molecular formula is C22H32O4. The number of methoxy groups -OCH3 is 2. The lowest BCUT2D eigenvalue weighted by Crippen LogP contribution is -2.52. The van der Waals surface area contributed by atoms with Crippen LogP contribution < -0.4 is 4.74 Å². The maximum atomic E-state index is 12.6. The van der Waals surface area contributed by atoms with E-state index in [-0.39, 0.29) is 17.3 Å². The Morgan fingerprint density at radius 2 is 1.92 bits per heavy atom. The zero-order valence-electron chi connectivity index (χ0n) is 16.9. The Hall–Kier alpha value is -1.55. The van der Waals surface area contributed by atoms with Gasteiger partial charge < -0.3 is 14.6 Å². The van der Waals surface area contributed by atoms with Crippen LogP contribution in [0, 0.1) is 11.3 Å². The second-order valence-corrected chi connectivity index (χ2v) is 9.04. The molecule has 0 radical (unpaired) electrons. The number of esters is 1. The van der Waals surface area contributed by atoms with Crippen LogP contribution in [-0.4, -0.2) is 25.3 Å². The largest absolute Gasteiger partial charge is 0.496 e. The molecule has 1 saturated carbocycles. The minimum Gasteiger partial charge on any atom is -0.496 e. The van der Waals surface area contributed by atoms with Crippen molar-refractivity contribution in [1.29, 1.82) is 0 Å². The van der Waals surface area contributed by atoms with Crippen LogP contribution in [0.4, 0.5) is 0 Å². The lowest BCUT2D eigenvalue weighted by molar-refractivity contribution is -0.161. The number of hydrogen-bond donors (Lipinski definition) is 1. The van der Waals surface area contributed by atoms with Crippen molar-refractivity contribution in [3.63, 3.8) is 0 Å². The Balaban J connectivity index is 2.14. The highest BCUT2D eigenvalue weighted by atomic mass is 16.5. The first kappa shape index (κ1) is 19.2. The van der Waals surface area contributed by atoms with Crippen molar-refractivity contribution in [2.45, 2.75) is 70.8 Å². The summed E-state index contributed by atoms with van der Waals surface area (Å²) in [6, 6.07) is 4.22. The van der Waals surface area contributed by atoms with Crippen molar-refractivity contribution in [2.24, 2.45) is 11.3 Å². The zero-order valence-corrected chi connectivity index (χ0v) is 16.9. The maximum Gasteiger partial charge on any atom is 0.311 e. The fraction of sp³-hybridized carbons (Fsp3) is 0.682. The van der Waals surface area contributed by atoms with Gasteiger partial charge in [0.2, 0.25) is 0 Å². The normalized spacial score (nSPS) is 31.0. The number of carbonyl (C=O) groups is 1. The van der Waals surface area contributed by atoms with E-state index >= 15 is 0 Å². The number of rotatable bonds is 3. The number of aliphatic hydroxyl groups is 1. The van der Waals surface area contributed by atoms with Gasteiger partial charge in [-0.25, -0.2) is 0 Å².